The van der Waals surface area contributed by atoms with E-state index in [9.17, 15) is 9.59 Å². The summed E-state index contributed by atoms with van der Waals surface area (Å²) in [4.78, 5) is 24.7. The average Bonchev–Trinajstić information content (AvgIpc) is 2.78. The first-order valence-corrected chi connectivity index (χ1v) is 7.43. The number of carbonyl (C=O) groups excluding carboxylic acids is 2. The van der Waals surface area contributed by atoms with Crippen LogP contribution in [0.25, 0.3) is 0 Å². The first-order valence-electron chi connectivity index (χ1n) is 7.43. The summed E-state index contributed by atoms with van der Waals surface area (Å²) >= 11 is 0. The first kappa shape index (κ1) is 16.7. The number of H-pyrrole nitrogens is 1. The van der Waals surface area contributed by atoms with Crippen LogP contribution < -0.4 is 10.6 Å². The van der Waals surface area contributed by atoms with Crippen LogP contribution in [0.3, 0.4) is 0 Å². The Hall–Kier alpha value is -2.63. The van der Waals surface area contributed by atoms with Gasteiger partial charge in [-0.1, -0.05) is 32.9 Å². The van der Waals surface area contributed by atoms with E-state index >= 15 is 0 Å². The number of nitrogens with one attached hydrogen (secondary N) is 3. The summed E-state index contributed by atoms with van der Waals surface area (Å²) in [6.07, 6.45) is 0. The molecule has 23 heavy (non-hydrogen) atoms. The van der Waals surface area contributed by atoms with E-state index in [0.717, 1.165) is 5.69 Å². The van der Waals surface area contributed by atoms with Gasteiger partial charge < -0.3 is 10.6 Å². The Morgan fingerprint density at radius 3 is 2.30 bits per heavy atom. The van der Waals surface area contributed by atoms with Crippen molar-refractivity contribution in [2.45, 2.75) is 34.6 Å². The summed E-state index contributed by atoms with van der Waals surface area (Å²) in [6, 6.07) is 6.94. The van der Waals surface area contributed by atoms with Crippen LogP contribution in [-0.2, 0) is 4.79 Å². The van der Waals surface area contributed by atoms with Gasteiger partial charge in [-0.3, -0.25) is 14.7 Å². The number of nitrogens with zero attached hydrogens (tertiary/aromatic N) is 1. The number of aryl methyl sites for hydroxylation is 2. The van der Waals surface area contributed by atoms with Gasteiger partial charge in [0.05, 0.1) is 28.3 Å². The van der Waals surface area contributed by atoms with Crippen molar-refractivity contribution in [3.8, 4) is 0 Å². The molecule has 1 aromatic heterocycles. The smallest absolute Gasteiger partial charge is 0.257 e. The molecule has 0 atom stereocenters. The van der Waals surface area contributed by atoms with Crippen molar-refractivity contribution in [1.82, 2.24) is 10.2 Å². The second-order valence-electron chi connectivity index (χ2n) is 6.51. The van der Waals surface area contributed by atoms with Gasteiger partial charge in [0.25, 0.3) is 5.91 Å². The highest BCUT2D eigenvalue weighted by Crippen LogP contribution is 2.23. The molecule has 2 amide bonds. The van der Waals surface area contributed by atoms with Crippen LogP contribution in [0, 0.1) is 19.3 Å². The summed E-state index contributed by atoms with van der Waals surface area (Å²) in [5.41, 5.74) is 2.52. The maximum Gasteiger partial charge on any atom is 0.257 e. The quantitative estimate of drug-likeness (QED) is 0.812. The molecule has 6 heteroatoms. The fourth-order valence-corrected chi connectivity index (χ4v) is 2.02. The van der Waals surface area contributed by atoms with E-state index in [1.807, 2.05) is 34.6 Å². The van der Waals surface area contributed by atoms with Crippen LogP contribution in [0.15, 0.2) is 24.3 Å². The zero-order valence-electron chi connectivity index (χ0n) is 14.1. The third kappa shape index (κ3) is 3.77. The van der Waals surface area contributed by atoms with Crippen molar-refractivity contribution in [3.63, 3.8) is 0 Å². The molecule has 3 N–H and O–H groups in total. The van der Waals surface area contributed by atoms with Crippen molar-refractivity contribution < 1.29 is 9.59 Å². The Labute approximate surface area is 135 Å². The summed E-state index contributed by atoms with van der Waals surface area (Å²) < 4.78 is 0. The van der Waals surface area contributed by atoms with Gasteiger partial charge in [0.15, 0.2) is 0 Å². The average molecular weight is 314 g/mol. The fraction of sp³-hybridized carbons (Fsp3) is 0.353. The van der Waals surface area contributed by atoms with E-state index in [2.05, 4.69) is 20.8 Å². The van der Waals surface area contributed by atoms with E-state index in [0.29, 0.717) is 22.6 Å². The number of anilines is 2. The SMILES string of the molecule is Cc1n[nH]c(C)c1NC(=O)c1ccccc1NC(=O)C(C)(C)C. The van der Waals surface area contributed by atoms with Gasteiger partial charge in [0, 0.05) is 5.41 Å². The molecule has 2 aromatic rings. The third-order valence-corrected chi connectivity index (χ3v) is 3.47. The number of hydrogen-bond donors (Lipinski definition) is 3. The van der Waals surface area contributed by atoms with Crippen molar-refractivity contribution in [1.29, 1.82) is 0 Å². The maximum atomic E-state index is 12.6. The normalized spacial score (nSPS) is 11.2. The van der Waals surface area contributed by atoms with Crippen LogP contribution in [-0.4, -0.2) is 22.0 Å². The molecular formula is C17H22N4O2. The number of hydrogen-bond acceptors (Lipinski definition) is 3. The molecule has 2 rings (SSSR count). The zero-order chi connectivity index (χ0) is 17.2. The number of aromatic nitrogens is 2. The molecule has 6 nitrogen and oxygen atoms in total. The lowest BCUT2D eigenvalue weighted by molar-refractivity contribution is -0.123. The second-order valence-corrected chi connectivity index (χ2v) is 6.51. The molecule has 0 radical (unpaired) electrons. The number of benzene rings is 1. The molecule has 0 aliphatic heterocycles. The number of aromatic amines is 1. The van der Waals surface area contributed by atoms with Crippen molar-refractivity contribution in [2.75, 3.05) is 10.6 Å². The lowest BCUT2D eigenvalue weighted by Gasteiger charge is -2.19. The summed E-state index contributed by atoms with van der Waals surface area (Å²) in [5.74, 6) is -0.434. The minimum atomic E-state index is -0.540. The third-order valence-electron chi connectivity index (χ3n) is 3.47. The molecule has 0 unspecified atom stereocenters. The monoisotopic (exact) mass is 314 g/mol. The fourth-order valence-electron chi connectivity index (χ4n) is 2.02. The second kappa shape index (κ2) is 6.24. The number of para-hydroxylation sites is 1. The standard InChI is InChI=1S/C17H22N4O2/c1-10-14(11(2)21-20-10)19-15(22)12-8-6-7-9-13(12)18-16(23)17(3,4)5/h6-9H,1-5H3,(H,18,23)(H,19,22)(H,20,21). The first-order chi connectivity index (χ1) is 10.7. The van der Waals surface area contributed by atoms with Gasteiger partial charge in [-0.2, -0.15) is 5.10 Å². The minimum Gasteiger partial charge on any atom is -0.325 e. The van der Waals surface area contributed by atoms with E-state index in [4.69, 9.17) is 0 Å². The highest BCUT2D eigenvalue weighted by atomic mass is 16.2. The molecule has 122 valence electrons. The number of rotatable bonds is 3. The Bertz CT molecular complexity index is 722. The Balaban J connectivity index is 2.26. The number of amides is 2. The molecule has 1 heterocycles. The van der Waals surface area contributed by atoms with Crippen molar-refractivity contribution in [2.24, 2.45) is 5.41 Å². The summed E-state index contributed by atoms with van der Waals surface area (Å²) in [7, 11) is 0. The van der Waals surface area contributed by atoms with E-state index in [-0.39, 0.29) is 11.8 Å². The van der Waals surface area contributed by atoms with Gasteiger partial charge in [-0.25, -0.2) is 0 Å². The molecule has 0 bridgehead atoms. The van der Waals surface area contributed by atoms with Crippen LogP contribution in [0.5, 0.6) is 0 Å². The molecule has 0 spiro atoms. The largest absolute Gasteiger partial charge is 0.325 e. The maximum absolute atomic E-state index is 12.6. The topological polar surface area (TPSA) is 86.9 Å². The van der Waals surface area contributed by atoms with E-state index in [1.54, 1.807) is 24.3 Å². The Morgan fingerprint density at radius 1 is 1.09 bits per heavy atom. The van der Waals surface area contributed by atoms with Crippen LogP contribution in [0.1, 0.15) is 42.5 Å². The van der Waals surface area contributed by atoms with Gasteiger partial charge in [-0.15, -0.1) is 0 Å². The van der Waals surface area contributed by atoms with Gasteiger partial charge in [0.1, 0.15) is 0 Å². The number of carbonyl (C=O) groups is 2. The van der Waals surface area contributed by atoms with Crippen LogP contribution in [0.4, 0.5) is 11.4 Å². The van der Waals surface area contributed by atoms with E-state index in [1.165, 1.54) is 0 Å². The van der Waals surface area contributed by atoms with Gasteiger partial charge >= 0.3 is 0 Å². The van der Waals surface area contributed by atoms with Crippen LogP contribution >= 0.6 is 0 Å². The molecule has 1 aromatic carbocycles. The Morgan fingerprint density at radius 2 is 1.74 bits per heavy atom. The lowest BCUT2D eigenvalue weighted by Crippen LogP contribution is -2.28. The molecular weight excluding hydrogens is 292 g/mol. The predicted octanol–water partition coefficient (Wildman–Crippen LogP) is 3.26. The summed E-state index contributed by atoms with van der Waals surface area (Å²) in [5, 5.41) is 12.5. The molecule has 0 aliphatic carbocycles. The predicted molar refractivity (Wildman–Crippen MR) is 90.5 cm³/mol. The van der Waals surface area contributed by atoms with Crippen LogP contribution in [0.2, 0.25) is 0 Å². The zero-order valence-corrected chi connectivity index (χ0v) is 14.1. The molecule has 0 saturated heterocycles. The molecule has 0 fully saturated rings. The lowest BCUT2D eigenvalue weighted by atomic mass is 9.95. The highest BCUT2D eigenvalue weighted by Gasteiger charge is 2.23. The molecule has 0 saturated carbocycles. The minimum absolute atomic E-state index is 0.145. The van der Waals surface area contributed by atoms with Gasteiger partial charge in [-0.05, 0) is 26.0 Å². The van der Waals surface area contributed by atoms with Gasteiger partial charge in [0.2, 0.25) is 5.91 Å². The molecule has 0 aliphatic rings. The Kier molecular flexibility index (Phi) is 4.54. The van der Waals surface area contributed by atoms with Crippen molar-refractivity contribution >= 4 is 23.2 Å². The van der Waals surface area contributed by atoms with Crippen molar-refractivity contribution in [3.05, 3.63) is 41.2 Å². The highest BCUT2D eigenvalue weighted by molar-refractivity contribution is 6.10. The van der Waals surface area contributed by atoms with E-state index < -0.39 is 5.41 Å². The summed E-state index contributed by atoms with van der Waals surface area (Å²) in [6.45, 7) is 9.12.